The first-order valence-electron chi connectivity index (χ1n) is 7.85. The van der Waals surface area contributed by atoms with E-state index >= 15 is 0 Å². The van der Waals surface area contributed by atoms with Gasteiger partial charge in [-0.05, 0) is 38.1 Å². The van der Waals surface area contributed by atoms with Crippen LogP contribution in [-0.2, 0) is 14.3 Å². The summed E-state index contributed by atoms with van der Waals surface area (Å²) in [6.45, 7) is 3.36. The molecule has 8 heteroatoms. The van der Waals surface area contributed by atoms with E-state index in [9.17, 15) is 14.4 Å². The Hall–Kier alpha value is -2.06. The zero-order chi connectivity index (χ0) is 18.4. The van der Waals surface area contributed by atoms with Crippen LogP contribution in [0.2, 0.25) is 0 Å². The number of β-lactam (4-membered cyclic amide) rings is 1. The van der Waals surface area contributed by atoms with Crippen LogP contribution in [0.4, 0.5) is 0 Å². The van der Waals surface area contributed by atoms with E-state index in [1.54, 1.807) is 24.3 Å². The van der Waals surface area contributed by atoms with Crippen molar-refractivity contribution in [3.8, 4) is 5.75 Å². The smallest absolute Gasteiger partial charge is 0.330 e. The summed E-state index contributed by atoms with van der Waals surface area (Å²) in [5, 5.41) is -0.211. The van der Waals surface area contributed by atoms with E-state index in [1.807, 2.05) is 13.8 Å². The number of methoxy groups -OCH3 is 1. The summed E-state index contributed by atoms with van der Waals surface area (Å²) < 4.78 is 9.72. The molecule has 1 amide bonds. The van der Waals surface area contributed by atoms with Crippen molar-refractivity contribution in [2.24, 2.45) is 5.73 Å². The van der Waals surface area contributed by atoms with Gasteiger partial charge >= 0.3 is 5.97 Å². The molecule has 1 aromatic rings. The number of carbonyl (C=O) groups is 3. The molecule has 2 N–H and O–H groups in total. The molecular weight excluding hydrogens is 344 g/mol. The number of nitrogens with zero attached hydrogens (tertiary/aromatic N) is 1. The second-order valence-electron chi connectivity index (χ2n) is 6.55. The minimum Gasteiger partial charge on any atom is -0.497 e. The summed E-state index contributed by atoms with van der Waals surface area (Å²) >= 11 is 1.48. The number of nitrogens with two attached hydrogens (primary N) is 1. The molecule has 2 fully saturated rings. The highest BCUT2D eigenvalue weighted by atomic mass is 32.2. The zero-order valence-electron chi connectivity index (χ0n) is 14.2. The Kier molecular flexibility index (Phi) is 4.51. The van der Waals surface area contributed by atoms with Gasteiger partial charge in [0.2, 0.25) is 5.91 Å². The molecule has 3 atom stereocenters. The highest BCUT2D eigenvalue weighted by Crippen LogP contribution is 2.50. The van der Waals surface area contributed by atoms with Crippen molar-refractivity contribution >= 4 is 29.4 Å². The number of esters is 1. The van der Waals surface area contributed by atoms with Crippen LogP contribution in [0, 0.1) is 0 Å². The molecular formula is C17H20N2O5S. The van der Waals surface area contributed by atoms with Crippen LogP contribution in [0.5, 0.6) is 5.75 Å². The van der Waals surface area contributed by atoms with Crippen molar-refractivity contribution in [3.05, 3.63) is 29.8 Å². The number of amides is 1. The molecule has 2 aliphatic rings. The van der Waals surface area contributed by atoms with Crippen molar-refractivity contribution < 1.29 is 23.9 Å². The van der Waals surface area contributed by atoms with Crippen molar-refractivity contribution in [2.75, 3.05) is 13.7 Å². The van der Waals surface area contributed by atoms with Gasteiger partial charge in [0.1, 0.15) is 23.2 Å². The quantitative estimate of drug-likeness (QED) is 0.469. The van der Waals surface area contributed by atoms with Crippen LogP contribution in [0.1, 0.15) is 24.2 Å². The number of fused-ring (bicyclic) bond motifs is 1. The molecule has 1 aromatic carbocycles. The van der Waals surface area contributed by atoms with Crippen LogP contribution < -0.4 is 10.5 Å². The van der Waals surface area contributed by atoms with Gasteiger partial charge in [0, 0.05) is 10.3 Å². The molecule has 2 aliphatic heterocycles. The molecule has 0 bridgehead atoms. The summed E-state index contributed by atoms with van der Waals surface area (Å²) in [5.74, 6) is -0.520. The summed E-state index contributed by atoms with van der Waals surface area (Å²) in [5.41, 5.74) is 6.21. The van der Waals surface area contributed by atoms with Crippen molar-refractivity contribution in [1.29, 1.82) is 0 Å². The van der Waals surface area contributed by atoms with Gasteiger partial charge in [0.25, 0.3) is 0 Å². The Morgan fingerprint density at radius 2 is 1.92 bits per heavy atom. The van der Waals surface area contributed by atoms with E-state index < -0.39 is 22.8 Å². The molecule has 2 heterocycles. The van der Waals surface area contributed by atoms with Gasteiger partial charge in [0.05, 0.1) is 7.11 Å². The average molecular weight is 364 g/mol. The molecule has 2 saturated heterocycles. The second kappa shape index (κ2) is 6.34. The molecule has 1 unspecified atom stereocenters. The largest absolute Gasteiger partial charge is 0.497 e. The Bertz CT molecular complexity index is 718. The van der Waals surface area contributed by atoms with Crippen molar-refractivity contribution in [2.45, 2.75) is 36.1 Å². The van der Waals surface area contributed by atoms with E-state index in [1.165, 1.54) is 23.8 Å². The van der Waals surface area contributed by atoms with Gasteiger partial charge in [-0.25, -0.2) is 4.79 Å². The number of benzene rings is 1. The summed E-state index contributed by atoms with van der Waals surface area (Å²) in [6, 6.07) is 5.23. The first-order chi connectivity index (χ1) is 11.8. The third-order valence-electron chi connectivity index (χ3n) is 4.46. The standard InChI is InChI=1S/C17H20N2O5S/c1-17(2)13(19-14(21)12(18)15(19)25-17)16(22)24-8-11(20)9-4-6-10(23-3)7-5-9/h4-7,12-13,15H,8,18H2,1-3H3/t12?,13-,15+/m0/s1. The Balaban J connectivity index is 1.64. The predicted octanol–water partition coefficient (Wildman–Crippen LogP) is 0.811. The maximum absolute atomic E-state index is 12.5. The van der Waals surface area contributed by atoms with E-state index in [0.717, 1.165) is 0 Å². The monoisotopic (exact) mass is 364 g/mol. The summed E-state index contributed by atoms with van der Waals surface area (Å²) in [4.78, 5) is 38.1. The average Bonchev–Trinajstić information content (AvgIpc) is 2.87. The number of hydrogen-bond acceptors (Lipinski definition) is 7. The van der Waals surface area contributed by atoms with E-state index in [0.29, 0.717) is 11.3 Å². The van der Waals surface area contributed by atoms with Crippen LogP contribution in [-0.4, -0.2) is 58.5 Å². The molecule has 0 radical (unpaired) electrons. The molecule has 0 spiro atoms. The fraction of sp³-hybridized carbons (Fsp3) is 0.471. The maximum Gasteiger partial charge on any atom is 0.330 e. The Labute approximate surface area is 149 Å². The number of ketones is 1. The normalized spacial score (nSPS) is 26.6. The third kappa shape index (κ3) is 3.00. The lowest BCUT2D eigenvalue weighted by Gasteiger charge is -2.41. The number of carbonyl (C=O) groups excluding carboxylic acids is 3. The molecule has 7 nitrogen and oxygen atoms in total. The maximum atomic E-state index is 12.5. The highest BCUT2D eigenvalue weighted by molar-refractivity contribution is 8.01. The SMILES string of the molecule is COc1ccc(C(=O)COC(=O)[C@@H]2N3C(=O)C(N)[C@H]3SC2(C)C)cc1. The van der Waals surface area contributed by atoms with Gasteiger partial charge < -0.3 is 20.1 Å². The molecule has 0 saturated carbocycles. The number of hydrogen-bond donors (Lipinski definition) is 1. The lowest BCUT2D eigenvalue weighted by Crippen LogP contribution is -2.68. The van der Waals surface area contributed by atoms with E-state index in [-0.39, 0.29) is 23.7 Å². The van der Waals surface area contributed by atoms with Gasteiger partial charge in [-0.2, -0.15) is 0 Å². The lowest BCUT2D eigenvalue weighted by molar-refractivity contribution is -0.162. The first-order valence-corrected chi connectivity index (χ1v) is 8.73. The summed E-state index contributed by atoms with van der Waals surface area (Å²) in [6.07, 6.45) is 0. The minimum atomic E-state index is -0.738. The van der Waals surface area contributed by atoms with E-state index in [4.69, 9.17) is 15.2 Å². The Morgan fingerprint density at radius 3 is 2.52 bits per heavy atom. The van der Waals surface area contributed by atoms with Crippen molar-refractivity contribution in [3.63, 3.8) is 0 Å². The minimum absolute atomic E-state index is 0.211. The third-order valence-corrected chi connectivity index (χ3v) is 6.06. The first kappa shape index (κ1) is 17.8. The molecule has 0 aromatic heterocycles. The number of ether oxygens (including phenoxy) is 2. The molecule has 25 heavy (non-hydrogen) atoms. The van der Waals surface area contributed by atoms with Crippen LogP contribution >= 0.6 is 11.8 Å². The van der Waals surface area contributed by atoms with Gasteiger partial charge in [-0.3, -0.25) is 9.59 Å². The summed E-state index contributed by atoms with van der Waals surface area (Å²) in [7, 11) is 1.54. The topological polar surface area (TPSA) is 98.9 Å². The van der Waals surface area contributed by atoms with Crippen LogP contribution in [0.15, 0.2) is 24.3 Å². The van der Waals surface area contributed by atoms with Crippen LogP contribution in [0.25, 0.3) is 0 Å². The van der Waals surface area contributed by atoms with E-state index in [2.05, 4.69) is 0 Å². The van der Waals surface area contributed by atoms with Crippen molar-refractivity contribution in [1.82, 2.24) is 4.90 Å². The fourth-order valence-electron chi connectivity index (χ4n) is 3.10. The zero-order valence-corrected chi connectivity index (χ0v) is 15.0. The van der Waals surface area contributed by atoms with Gasteiger partial charge in [-0.1, -0.05) is 0 Å². The predicted molar refractivity (Wildman–Crippen MR) is 92.4 cm³/mol. The number of Topliss-reactive ketones (excluding diaryl/α,β-unsaturated/α-hetero) is 1. The Morgan fingerprint density at radius 1 is 1.28 bits per heavy atom. The molecule has 0 aliphatic carbocycles. The second-order valence-corrected chi connectivity index (χ2v) is 8.32. The molecule has 134 valence electrons. The van der Waals surface area contributed by atoms with Gasteiger partial charge in [-0.15, -0.1) is 11.8 Å². The van der Waals surface area contributed by atoms with Gasteiger partial charge in [0.15, 0.2) is 12.4 Å². The lowest BCUT2D eigenvalue weighted by atomic mass is 9.96. The number of rotatable bonds is 5. The fourth-order valence-corrected chi connectivity index (χ4v) is 4.66. The van der Waals surface area contributed by atoms with Crippen LogP contribution in [0.3, 0.4) is 0 Å². The number of thioether (sulfide) groups is 1. The highest BCUT2D eigenvalue weighted by Gasteiger charge is 2.63. The molecule has 3 rings (SSSR count).